The van der Waals surface area contributed by atoms with Crippen LogP contribution in [-0.4, -0.2) is 0 Å². The van der Waals surface area contributed by atoms with Gasteiger partial charge in [0, 0.05) is 10.4 Å². The summed E-state index contributed by atoms with van der Waals surface area (Å²) in [4.78, 5) is 0. The molecule has 0 saturated carbocycles. The molecule has 2 aromatic carbocycles. The van der Waals surface area contributed by atoms with Crippen molar-refractivity contribution in [1.82, 2.24) is 0 Å². The number of aryl methyl sites for hydroxylation is 1. The molecule has 0 aliphatic heterocycles. The summed E-state index contributed by atoms with van der Waals surface area (Å²) in [6, 6.07) is 8.86. The number of ether oxygens (including phenoxy) is 1. The lowest BCUT2D eigenvalue weighted by Crippen LogP contribution is -2.08. The molecule has 21 heavy (non-hydrogen) atoms. The molecule has 2 aromatic rings. The molecule has 112 valence electrons. The van der Waals surface area contributed by atoms with E-state index < -0.39 is 11.7 Å². The van der Waals surface area contributed by atoms with E-state index >= 15 is 0 Å². The van der Waals surface area contributed by atoms with Crippen molar-refractivity contribution in [3.63, 3.8) is 0 Å². The first-order valence-corrected chi connectivity index (χ1v) is 7.51. The van der Waals surface area contributed by atoms with Crippen LogP contribution in [0.15, 0.2) is 36.4 Å². The van der Waals surface area contributed by atoms with Gasteiger partial charge in [-0.3, -0.25) is 0 Å². The van der Waals surface area contributed by atoms with Gasteiger partial charge < -0.3 is 4.74 Å². The predicted molar refractivity (Wildman–Crippen MR) is 80.3 cm³/mol. The van der Waals surface area contributed by atoms with Crippen molar-refractivity contribution >= 4 is 27.5 Å². The number of alkyl halides is 4. The normalized spacial score (nSPS) is 11.5. The van der Waals surface area contributed by atoms with Crippen molar-refractivity contribution in [1.29, 1.82) is 0 Å². The van der Waals surface area contributed by atoms with Crippen LogP contribution in [0.1, 0.15) is 16.7 Å². The zero-order valence-corrected chi connectivity index (χ0v) is 13.3. The van der Waals surface area contributed by atoms with Crippen LogP contribution in [0.4, 0.5) is 13.2 Å². The summed E-state index contributed by atoms with van der Waals surface area (Å²) in [6.45, 7) is 1.78. The maximum atomic E-state index is 13.0. The van der Waals surface area contributed by atoms with Crippen molar-refractivity contribution in [2.75, 3.05) is 0 Å². The third-order valence-corrected chi connectivity index (χ3v) is 3.73. The van der Waals surface area contributed by atoms with Gasteiger partial charge in [-0.25, -0.2) is 0 Å². The Bertz CT molecular complexity index is 656. The number of rotatable bonds is 3. The van der Waals surface area contributed by atoms with Gasteiger partial charge in [-0.15, -0.1) is 0 Å². The van der Waals surface area contributed by atoms with Crippen molar-refractivity contribution in [2.24, 2.45) is 0 Å². The van der Waals surface area contributed by atoms with Gasteiger partial charge in [-0.1, -0.05) is 33.6 Å². The van der Waals surface area contributed by atoms with Crippen molar-refractivity contribution < 1.29 is 17.9 Å². The van der Waals surface area contributed by atoms with E-state index in [-0.39, 0.29) is 16.6 Å². The fraction of sp³-hybridized carbons (Fsp3) is 0.200. The minimum Gasteiger partial charge on any atom is -0.457 e. The molecule has 2 rings (SSSR count). The van der Waals surface area contributed by atoms with E-state index in [1.54, 1.807) is 25.1 Å². The van der Waals surface area contributed by atoms with Crippen molar-refractivity contribution in [2.45, 2.75) is 18.4 Å². The third kappa shape index (κ3) is 3.92. The van der Waals surface area contributed by atoms with E-state index in [9.17, 15) is 13.2 Å². The lowest BCUT2D eigenvalue weighted by molar-refractivity contribution is -0.138. The summed E-state index contributed by atoms with van der Waals surface area (Å²) in [7, 11) is 0. The lowest BCUT2D eigenvalue weighted by Gasteiger charge is -2.14. The highest BCUT2D eigenvalue weighted by atomic mass is 79.9. The van der Waals surface area contributed by atoms with Crippen LogP contribution in [0.3, 0.4) is 0 Å². The molecule has 0 aliphatic rings. The summed E-state index contributed by atoms with van der Waals surface area (Å²) in [5.74, 6) is 0.608. The molecule has 0 radical (unpaired) electrons. The Kier molecular flexibility index (Phi) is 4.84. The highest BCUT2D eigenvalue weighted by molar-refractivity contribution is 9.08. The summed E-state index contributed by atoms with van der Waals surface area (Å²) in [6.07, 6.45) is -4.42. The minimum absolute atomic E-state index is 0.127. The molecule has 6 heteroatoms. The van der Waals surface area contributed by atoms with Gasteiger partial charge in [-0.2, -0.15) is 13.2 Å². The van der Waals surface area contributed by atoms with Gasteiger partial charge in [0.1, 0.15) is 11.5 Å². The first-order chi connectivity index (χ1) is 9.81. The predicted octanol–water partition coefficient (Wildman–Crippen LogP) is 6.35. The topological polar surface area (TPSA) is 9.23 Å². The van der Waals surface area contributed by atoms with Crippen LogP contribution in [0.25, 0.3) is 0 Å². The molecule has 1 nitrogen and oxygen atoms in total. The van der Waals surface area contributed by atoms with E-state index in [1.165, 1.54) is 12.1 Å². The second kappa shape index (κ2) is 6.28. The van der Waals surface area contributed by atoms with Crippen molar-refractivity contribution in [3.8, 4) is 11.5 Å². The van der Waals surface area contributed by atoms with E-state index in [0.717, 1.165) is 11.6 Å². The molecule has 0 N–H and O–H groups in total. The first-order valence-electron chi connectivity index (χ1n) is 6.01. The molecular weight excluding hydrogens is 369 g/mol. The number of halogens is 5. The van der Waals surface area contributed by atoms with Crippen LogP contribution >= 0.6 is 27.5 Å². The molecule has 0 saturated heterocycles. The third-order valence-electron chi connectivity index (χ3n) is 2.90. The monoisotopic (exact) mass is 378 g/mol. The zero-order valence-electron chi connectivity index (χ0n) is 11.0. The maximum Gasteiger partial charge on any atom is 0.416 e. The number of benzene rings is 2. The average Bonchev–Trinajstić information content (AvgIpc) is 2.41. The summed E-state index contributed by atoms with van der Waals surface area (Å²) < 4.78 is 44.5. The van der Waals surface area contributed by atoms with E-state index in [1.807, 2.05) is 0 Å². The summed E-state index contributed by atoms with van der Waals surface area (Å²) >= 11 is 8.89. The average molecular weight is 380 g/mol. The highest BCUT2D eigenvalue weighted by Crippen LogP contribution is 2.37. The van der Waals surface area contributed by atoms with Crippen LogP contribution in [0, 0.1) is 6.92 Å². The minimum atomic E-state index is -4.42. The van der Waals surface area contributed by atoms with Crippen LogP contribution < -0.4 is 4.74 Å². The van der Waals surface area contributed by atoms with Gasteiger partial charge in [0.15, 0.2) is 0 Å². The van der Waals surface area contributed by atoms with E-state index in [2.05, 4.69) is 15.9 Å². The molecule has 0 atom stereocenters. The Morgan fingerprint density at radius 1 is 1.14 bits per heavy atom. The molecule has 0 aliphatic carbocycles. The fourth-order valence-corrected chi connectivity index (χ4v) is 2.57. The second-order valence-corrected chi connectivity index (χ2v) is 5.46. The Morgan fingerprint density at radius 2 is 1.86 bits per heavy atom. The molecule has 0 spiro atoms. The Morgan fingerprint density at radius 3 is 2.43 bits per heavy atom. The Balaban J connectivity index is 2.37. The maximum absolute atomic E-state index is 13.0. The fourth-order valence-electron chi connectivity index (χ4n) is 1.85. The largest absolute Gasteiger partial charge is 0.457 e. The zero-order chi connectivity index (χ0) is 15.6. The SMILES string of the molecule is Cc1cc(Cl)ccc1Oc1ccc(CBr)c(C(F)(F)F)c1. The standard InChI is InChI=1S/C15H11BrClF3O/c1-9-6-11(17)3-5-14(9)21-12-4-2-10(8-16)13(7-12)15(18,19)20/h2-7H,8H2,1H3. The Labute approximate surface area is 133 Å². The first kappa shape index (κ1) is 16.2. The van der Waals surface area contributed by atoms with Crippen LogP contribution in [0.2, 0.25) is 5.02 Å². The van der Waals surface area contributed by atoms with Gasteiger partial charge in [0.05, 0.1) is 5.56 Å². The highest BCUT2D eigenvalue weighted by Gasteiger charge is 2.33. The van der Waals surface area contributed by atoms with Gasteiger partial charge in [0.25, 0.3) is 0 Å². The molecule has 0 unspecified atom stereocenters. The quantitative estimate of drug-likeness (QED) is 0.564. The van der Waals surface area contributed by atoms with Gasteiger partial charge in [0.2, 0.25) is 0 Å². The molecule has 0 bridgehead atoms. The summed E-state index contributed by atoms with van der Waals surface area (Å²) in [5, 5.41) is 0.674. The molecule has 0 amide bonds. The van der Waals surface area contributed by atoms with Crippen LogP contribution in [0.5, 0.6) is 11.5 Å². The number of hydrogen-bond donors (Lipinski definition) is 0. The molecular formula is C15H11BrClF3O. The van der Waals surface area contributed by atoms with Gasteiger partial charge >= 0.3 is 6.18 Å². The smallest absolute Gasteiger partial charge is 0.416 e. The summed E-state index contributed by atoms with van der Waals surface area (Å²) in [5.41, 5.74) is 0.215. The molecule has 0 heterocycles. The van der Waals surface area contributed by atoms with Crippen LogP contribution in [-0.2, 0) is 11.5 Å². The van der Waals surface area contributed by atoms with Gasteiger partial charge in [-0.05, 0) is 48.4 Å². The van der Waals surface area contributed by atoms with E-state index in [4.69, 9.17) is 16.3 Å². The van der Waals surface area contributed by atoms with E-state index in [0.29, 0.717) is 10.8 Å². The number of hydrogen-bond acceptors (Lipinski definition) is 1. The Hall–Kier alpha value is -1.20. The second-order valence-electron chi connectivity index (χ2n) is 4.46. The molecule has 0 fully saturated rings. The van der Waals surface area contributed by atoms with Crippen molar-refractivity contribution in [3.05, 3.63) is 58.1 Å². The molecule has 0 aromatic heterocycles. The lowest BCUT2D eigenvalue weighted by atomic mass is 10.1.